The average molecular weight is 182 g/mol. The van der Waals surface area contributed by atoms with Crippen LogP contribution in [0.2, 0.25) is 0 Å². The van der Waals surface area contributed by atoms with Gasteiger partial charge >= 0.3 is 0 Å². The van der Waals surface area contributed by atoms with Crippen molar-refractivity contribution in [1.29, 1.82) is 0 Å². The summed E-state index contributed by atoms with van der Waals surface area (Å²) < 4.78 is 0. The molecule has 0 aromatic carbocycles. The van der Waals surface area contributed by atoms with Gasteiger partial charge in [0.2, 0.25) is 0 Å². The minimum absolute atomic E-state index is 1.02. The molecule has 2 nitrogen and oxygen atoms in total. The minimum atomic E-state index is 1.02. The van der Waals surface area contributed by atoms with Gasteiger partial charge in [0.15, 0.2) is 5.01 Å². The van der Waals surface area contributed by atoms with Gasteiger partial charge in [-0.2, -0.15) is 0 Å². The summed E-state index contributed by atoms with van der Waals surface area (Å²) in [5.41, 5.74) is 3.05. The summed E-state index contributed by atoms with van der Waals surface area (Å²) >= 11 is 3.29. The zero-order valence-corrected chi connectivity index (χ0v) is 7.58. The van der Waals surface area contributed by atoms with E-state index in [-0.39, 0.29) is 0 Å². The fourth-order valence-corrected chi connectivity index (χ4v) is 2.35. The average Bonchev–Trinajstić information content (AvgIpc) is 2.55. The maximum Gasteiger partial charge on any atom is 0.157 e. The number of nitrogens with zero attached hydrogens (tertiary/aromatic N) is 2. The Bertz CT molecular complexity index is 337. The second kappa shape index (κ2) is 2.71. The summed E-state index contributed by atoms with van der Waals surface area (Å²) in [5.74, 6) is 0. The second-order valence-corrected chi connectivity index (χ2v) is 3.98. The smallest absolute Gasteiger partial charge is 0.147 e. The molecule has 2 rings (SSSR count). The van der Waals surface area contributed by atoms with Gasteiger partial charge < -0.3 is 0 Å². The fourth-order valence-electron chi connectivity index (χ4n) is 0.824. The SMILES string of the molecule is Cc1csc(-c2nncs2)c1. The van der Waals surface area contributed by atoms with E-state index in [2.05, 4.69) is 28.6 Å². The molecule has 2 heterocycles. The third kappa shape index (κ3) is 1.32. The zero-order valence-electron chi connectivity index (χ0n) is 5.94. The summed E-state index contributed by atoms with van der Waals surface area (Å²) in [6.07, 6.45) is 0. The van der Waals surface area contributed by atoms with Gasteiger partial charge in [-0.25, -0.2) is 0 Å². The molecule has 0 aliphatic rings. The maximum atomic E-state index is 3.98. The van der Waals surface area contributed by atoms with E-state index in [0.29, 0.717) is 0 Å². The molecule has 0 spiro atoms. The molecular weight excluding hydrogens is 176 g/mol. The van der Waals surface area contributed by atoms with E-state index >= 15 is 0 Å². The first-order chi connectivity index (χ1) is 5.36. The monoisotopic (exact) mass is 182 g/mol. The van der Waals surface area contributed by atoms with E-state index in [0.717, 1.165) is 5.01 Å². The topological polar surface area (TPSA) is 25.8 Å². The van der Waals surface area contributed by atoms with Crippen LogP contribution in [-0.2, 0) is 0 Å². The van der Waals surface area contributed by atoms with Crippen LogP contribution in [-0.4, -0.2) is 10.2 Å². The normalized spacial score (nSPS) is 10.3. The van der Waals surface area contributed by atoms with Crippen molar-refractivity contribution in [2.75, 3.05) is 0 Å². The highest BCUT2D eigenvalue weighted by Gasteiger charge is 2.02. The minimum Gasteiger partial charge on any atom is -0.147 e. The lowest BCUT2D eigenvalue weighted by molar-refractivity contribution is 1.10. The van der Waals surface area contributed by atoms with E-state index in [4.69, 9.17) is 0 Å². The highest BCUT2D eigenvalue weighted by Crippen LogP contribution is 2.27. The molecular formula is C7H6N2S2. The van der Waals surface area contributed by atoms with Crippen molar-refractivity contribution >= 4 is 22.7 Å². The first-order valence-electron chi connectivity index (χ1n) is 3.18. The molecule has 0 saturated heterocycles. The van der Waals surface area contributed by atoms with Gasteiger partial charge in [0.1, 0.15) is 5.51 Å². The Morgan fingerprint density at radius 2 is 2.27 bits per heavy atom. The number of aromatic nitrogens is 2. The molecule has 0 unspecified atom stereocenters. The van der Waals surface area contributed by atoms with Gasteiger partial charge in [0, 0.05) is 0 Å². The lowest BCUT2D eigenvalue weighted by Crippen LogP contribution is -1.68. The van der Waals surface area contributed by atoms with Crippen LogP contribution in [0.4, 0.5) is 0 Å². The summed E-state index contributed by atoms with van der Waals surface area (Å²) in [6, 6.07) is 2.13. The molecule has 0 atom stereocenters. The molecule has 2 aromatic rings. The summed E-state index contributed by atoms with van der Waals surface area (Å²) in [5, 5.41) is 10.9. The Morgan fingerprint density at radius 1 is 1.36 bits per heavy atom. The number of hydrogen-bond acceptors (Lipinski definition) is 4. The summed E-state index contributed by atoms with van der Waals surface area (Å²) in [6.45, 7) is 2.08. The highest BCUT2D eigenvalue weighted by atomic mass is 32.1. The van der Waals surface area contributed by atoms with Crippen LogP contribution in [0.3, 0.4) is 0 Å². The first-order valence-corrected chi connectivity index (χ1v) is 4.94. The van der Waals surface area contributed by atoms with Gasteiger partial charge in [-0.1, -0.05) is 11.3 Å². The summed E-state index contributed by atoms with van der Waals surface area (Å²) in [7, 11) is 0. The first kappa shape index (κ1) is 6.94. The van der Waals surface area contributed by atoms with Gasteiger partial charge in [-0.3, -0.25) is 0 Å². The number of hydrogen-bond donors (Lipinski definition) is 0. The van der Waals surface area contributed by atoms with Crippen LogP contribution in [0.1, 0.15) is 5.56 Å². The van der Waals surface area contributed by atoms with Gasteiger partial charge in [-0.15, -0.1) is 21.5 Å². The summed E-state index contributed by atoms with van der Waals surface area (Å²) in [4.78, 5) is 1.21. The van der Waals surface area contributed by atoms with Crippen LogP contribution < -0.4 is 0 Å². The van der Waals surface area contributed by atoms with Crippen LogP contribution >= 0.6 is 22.7 Å². The predicted molar refractivity (Wildman–Crippen MR) is 48.0 cm³/mol. The fraction of sp³-hybridized carbons (Fsp3) is 0.143. The van der Waals surface area contributed by atoms with Gasteiger partial charge in [-0.05, 0) is 23.9 Å². The second-order valence-electron chi connectivity index (χ2n) is 2.23. The number of aryl methyl sites for hydroxylation is 1. The van der Waals surface area contributed by atoms with E-state index in [9.17, 15) is 0 Å². The van der Waals surface area contributed by atoms with E-state index < -0.39 is 0 Å². The van der Waals surface area contributed by atoms with Gasteiger partial charge in [0.05, 0.1) is 4.88 Å². The van der Waals surface area contributed by atoms with E-state index in [1.54, 1.807) is 28.2 Å². The van der Waals surface area contributed by atoms with Crippen molar-refractivity contribution in [3.05, 3.63) is 22.5 Å². The molecule has 0 amide bonds. The van der Waals surface area contributed by atoms with Crippen molar-refractivity contribution in [2.45, 2.75) is 6.92 Å². The van der Waals surface area contributed by atoms with Crippen molar-refractivity contribution < 1.29 is 0 Å². The number of thiophene rings is 1. The lowest BCUT2D eigenvalue weighted by atomic mass is 10.3. The molecule has 0 N–H and O–H groups in total. The van der Waals surface area contributed by atoms with Crippen molar-refractivity contribution in [3.63, 3.8) is 0 Å². The molecule has 4 heteroatoms. The Kier molecular flexibility index (Phi) is 1.71. The molecule has 0 aliphatic carbocycles. The van der Waals surface area contributed by atoms with Crippen LogP contribution in [0, 0.1) is 6.92 Å². The Labute approximate surface area is 72.5 Å². The third-order valence-corrected chi connectivity index (χ3v) is 3.21. The molecule has 0 aliphatic heterocycles. The van der Waals surface area contributed by atoms with Crippen molar-refractivity contribution in [3.8, 4) is 9.88 Å². The molecule has 2 aromatic heterocycles. The van der Waals surface area contributed by atoms with Gasteiger partial charge in [0.25, 0.3) is 0 Å². The Morgan fingerprint density at radius 3 is 2.82 bits per heavy atom. The highest BCUT2D eigenvalue weighted by molar-refractivity contribution is 7.19. The Hall–Kier alpha value is -0.740. The van der Waals surface area contributed by atoms with E-state index in [1.807, 2.05) is 0 Å². The zero-order chi connectivity index (χ0) is 7.68. The largest absolute Gasteiger partial charge is 0.157 e. The predicted octanol–water partition coefficient (Wildman–Crippen LogP) is 2.58. The molecule has 0 saturated carbocycles. The lowest BCUT2D eigenvalue weighted by Gasteiger charge is -1.82. The van der Waals surface area contributed by atoms with Crippen LogP contribution in [0.25, 0.3) is 9.88 Å². The molecule has 11 heavy (non-hydrogen) atoms. The maximum absolute atomic E-state index is 3.98. The van der Waals surface area contributed by atoms with Crippen LogP contribution in [0.15, 0.2) is 17.0 Å². The quantitative estimate of drug-likeness (QED) is 0.677. The molecule has 0 bridgehead atoms. The van der Waals surface area contributed by atoms with E-state index in [1.165, 1.54) is 10.4 Å². The number of rotatable bonds is 1. The van der Waals surface area contributed by atoms with Crippen LogP contribution in [0.5, 0.6) is 0 Å². The standard InChI is InChI=1S/C7H6N2S2/c1-5-2-6(10-3-5)7-9-8-4-11-7/h2-4H,1H3. The third-order valence-electron chi connectivity index (χ3n) is 1.30. The Balaban J connectivity index is 2.45. The van der Waals surface area contributed by atoms with Crippen molar-refractivity contribution in [2.24, 2.45) is 0 Å². The molecule has 0 radical (unpaired) electrons. The van der Waals surface area contributed by atoms with Crippen molar-refractivity contribution in [1.82, 2.24) is 10.2 Å². The molecule has 0 fully saturated rings. The molecule has 56 valence electrons.